The Hall–Kier alpha value is -0.540. The number of rotatable bonds is 2. The van der Waals surface area contributed by atoms with Crippen LogP contribution in [0.3, 0.4) is 0 Å². The van der Waals surface area contributed by atoms with Gasteiger partial charge in [0, 0.05) is 27.4 Å². The summed E-state index contributed by atoms with van der Waals surface area (Å²) in [5, 5.41) is -0.439. The van der Waals surface area contributed by atoms with Crippen molar-refractivity contribution in [2.75, 3.05) is 4.34 Å². The van der Waals surface area contributed by atoms with Crippen molar-refractivity contribution in [3.05, 3.63) is 29.8 Å². The maximum Gasteiger partial charge on any atom is 0.252 e. The molecule has 0 heterocycles. The van der Waals surface area contributed by atoms with Gasteiger partial charge in [-0.05, 0) is 35.9 Å². The van der Waals surface area contributed by atoms with Crippen LogP contribution in [-0.2, 0) is 0 Å². The number of carbonyl (C=O) groups excluding carboxylic acids is 1. The molecule has 1 aromatic carbocycles. The lowest BCUT2D eigenvalue weighted by Gasteiger charge is -1.96. The first-order chi connectivity index (χ1) is 5.24. The summed E-state index contributed by atoms with van der Waals surface area (Å²) in [4.78, 5) is 10.6. The number of benzene rings is 1. The van der Waals surface area contributed by atoms with Gasteiger partial charge >= 0.3 is 0 Å². The third-order valence-electron chi connectivity index (χ3n) is 1.22. The molecular weight excluding hydrogens is 229 g/mol. The molecule has 0 unspecified atom stereocenters. The number of anilines is 1. The van der Waals surface area contributed by atoms with Crippen molar-refractivity contribution in [3.8, 4) is 0 Å². The second kappa shape index (κ2) is 3.74. The number of carbonyl (C=O) groups is 1. The van der Waals surface area contributed by atoms with E-state index in [2.05, 4.69) is 20.5 Å². The van der Waals surface area contributed by atoms with Crippen LogP contribution in [0.2, 0.25) is 0 Å². The number of halogens is 2. The Morgan fingerprint density at radius 3 is 2.27 bits per heavy atom. The standard InChI is InChI=1S/C7H5BrClNO/c8-10-6-3-1-5(2-4-6)7(9)11/h1-4,10H. The van der Waals surface area contributed by atoms with E-state index in [9.17, 15) is 4.79 Å². The van der Waals surface area contributed by atoms with Crippen molar-refractivity contribution in [1.29, 1.82) is 0 Å². The van der Waals surface area contributed by atoms with Crippen LogP contribution >= 0.6 is 27.7 Å². The van der Waals surface area contributed by atoms with E-state index in [1.807, 2.05) is 0 Å². The van der Waals surface area contributed by atoms with Crippen LogP contribution in [0.4, 0.5) is 5.69 Å². The highest BCUT2D eigenvalue weighted by molar-refractivity contribution is 9.10. The molecule has 0 radical (unpaired) electrons. The van der Waals surface area contributed by atoms with Crippen LogP contribution in [0.1, 0.15) is 10.4 Å². The van der Waals surface area contributed by atoms with Crippen molar-refractivity contribution in [3.63, 3.8) is 0 Å². The van der Waals surface area contributed by atoms with Crippen molar-refractivity contribution in [1.82, 2.24) is 0 Å². The molecule has 1 N–H and O–H groups in total. The van der Waals surface area contributed by atoms with E-state index in [0.717, 1.165) is 5.69 Å². The SMILES string of the molecule is O=C(Cl)c1ccc(NBr)cc1. The molecule has 58 valence electrons. The average molecular weight is 234 g/mol. The molecule has 0 aliphatic heterocycles. The molecule has 0 aromatic heterocycles. The van der Waals surface area contributed by atoms with Gasteiger partial charge < -0.3 is 4.34 Å². The molecule has 0 saturated carbocycles. The van der Waals surface area contributed by atoms with Gasteiger partial charge in [0.05, 0.1) is 0 Å². The van der Waals surface area contributed by atoms with Gasteiger partial charge in [0.15, 0.2) is 0 Å². The quantitative estimate of drug-likeness (QED) is 0.630. The molecule has 2 nitrogen and oxygen atoms in total. The van der Waals surface area contributed by atoms with Gasteiger partial charge in [-0.1, -0.05) is 0 Å². The van der Waals surface area contributed by atoms with E-state index in [-0.39, 0.29) is 0 Å². The number of hydrogen-bond acceptors (Lipinski definition) is 2. The minimum atomic E-state index is -0.439. The van der Waals surface area contributed by atoms with E-state index in [1.165, 1.54) is 0 Å². The second-order valence-electron chi connectivity index (χ2n) is 1.95. The Bertz CT molecular complexity index is 260. The Kier molecular flexibility index (Phi) is 2.91. The Labute approximate surface area is 77.9 Å². The summed E-state index contributed by atoms with van der Waals surface area (Å²) >= 11 is 8.28. The lowest BCUT2D eigenvalue weighted by atomic mass is 10.2. The van der Waals surface area contributed by atoms with Gasteiger partial charge in [0.2, 0.25) is 0 Å². The first-order valence-corrected chi connectivity index (χ1v) is 4.07. The van der Waals surface area contributed by atoms with Gasteiger partial charge in [0.25, 0.3) is 5.24 Å². The van der Waals surface area contributed by atoms with Crippen molar-refractivity contribution >= 4 is 38.7 Å². The summed E-state index contributed by atoms with van der Waals surface area (Å²) < 4.78 is 2.75. The third kappa shape index (κ3) is 2.20. The number of hydrogen-bond donors (Lipinski definition) is 1. The topological polar surface area (TPSA) is 29.1 Å². The van der Waals surface area contributed by atoms with Crippen molar-refractivity contribution < 1.29 is 4.79 Å². The van der Waals surface area contributed by atoms with Gasteiger partial charge in [-0.25, -0.2) is 0 Å². The molecule has 11 heavy (non-hydrogen) atoms. The molecule has 1 aromatic rings. The first-order valence-electron chi connectivity index (χ1n) is 2.90. The Morgan fingerprint density at radius 1 is 1.36 bits per heavy atom. The predicted octanol–water partition coefficient (Wildman–Crippen LogP) is 2.79. The highest BCUT2D eigenvalue weighted by Crippen LogP contribution is 2.11. The van der Waals surface area contributed by atoms with E-state index < -0.39 is 5.24 Å². The minimum Gasteiger partial charge on any atom is -0.322 e. The summed E-state index contributed by atoms with van der Waals surface area (Å²) in [5.41, 5.74) is 1.38. The first kappa shape index (κ1) is 8.56. The molecule has 0 aliphatic carbocycles. The minimum absolute atomic E-state index is 0.439. The zero-order valence-electron chi connectivity index (χ0n) is 5.47. The Balaban J connectivity index is 2.91. The monoisotopic (exact) mass is 233 g/mol. The van der Waals surface area contributed by atoms with Gasteiger partial charge in [-0.2, -0.15) is 0 Å². The molecule has 0 amide bonds. The van der Waals surface area contributed by atoms with Crippen LogP contribution < -0.4 is 4.34 Å². The normalized spacial score (nSPS) is 9.27. The van der Waals surface area contributed by atoms with Gasteiger partial charge in [0.1, 0.15) is 0 Å². The van der Waals surface area contributed by atoms with Gasteiger partial charge in [-0.3, -0.25) is 4.79 Å². The van der Waals surface area contributed by atoms with Crippen LogP contribution in [-0.4, -0.2) is 5.24 Å². The highest BCUT2D eigenvalue weighted by atomic mass is 79.9. The van der Waals surface area contributed by atoms with E-state index in [0.29, 0.717) is 5.56 Å². The van der Waals surface area contributed by atoms with Gasteiger partial charge in [-0.15, -0.1) is 0 Å². The fourth-order valence-corrected chi connectivity index (χ4v) is 1.05. The third-order valence-corrected chi connectivity index (χ3v) is 1.90. The fourth-order valence-electron chi connectivity index (χ4n) is 0.664. The van der Waals surface area contributed by atoms with E-state index in [1.54, 1.807) is 24.3 Å². The average Bonchev–Trinajstić information content (AvgIpc) is 2.05. The van der Waals surface area contributed by atoms with Crippen LogP contribution in [0.15, 0.2) is 24.3 Å². The summed E-state index contributed by atoms with van der Waals surface area (Å²) in [6.45, 7) is 0. The zero-order chi connectivity index (χ0) is 8.27. The summed E-state index contributed by atoms with van der Waals surface area (Å²) in [7, 11) is 0. The van der Waals surface area contributed by atoms with Crippen molar-refractivity contribution in [2.24, 2.45) is 0 Å². The summed E-state index contributed by atoms with van der Waals surface area (Å²) in [6, 6.07) is 6.81. The molecule has 4 heteroatoms. The zero-order valence-corrected chi connectivity index (χ0v) is 7.82. The lowest BCUT2D eigenvalue weighted by molar-refractivity contribution is 0.108. The van der Waals surface area contributed by atoms with E-state index in [4.69, 9.17) is 11.6 Å². The summed E-state index contributed by atoms with van der Waals surface area (Å²) in [5.74, 6) is 0. The molecule has 0 aliphatic rings. The molecule has 1 rings (SSSR count). The molecule has 0 fully saturated rings. The number of nitrogens with one attached hydrogen (secondary N) is 1. The smallest absolute Gasteiger partial charge is 0.252 e. The van der Waals surface area contributed by atoms with Crippen LogP contribution in [0.5, 0.6) is 0 Å². The highest BCUT2D eigenvalue weighted by Gasteiger charge is 1.99. The molecular formula is C7H5BrClNO. The fraction of sp³-hybridized carbons (Fsp3) is 0. The molecule has 0 saturated heterocycles. The largest absolute Gasteiger partial charge is 0.322 e. The molecule has 0 atom stereocenters. The Morgan fingerprint density at radius 2 is 1.91 bits per heavy atom. The maximum absolute atomic E-state index is 10.6. The second-order valence-corrected chi connectivity index (χ2v) is 2.69. The summed E-state index contributed by atoms with van der Waals surface area (Å²) in [6.07, 6.45) is 0. The lowest BCUT2D eigenvalue weighted by Crippen LogP contribution is -1.87. The molecule has 0 spiro atoms. The van der Waals surface area contributed by atoms with Crippen LogP contribution in [0.25, 0.3) is 0 Å². The van der Waals surface area contributed by atoms with Crippen LogP contribution in [0, 0.1) is 0 Å². The maximum atomic E-state index is 10.6. The van der Waals surface area contributed by atoms with Crippen molar-refractivity contribution in [2.45, 2.75) is 0 Å². The molecule has 0 bridgehead atoms. The van der Waals surface area contributed by atoms with E-state index >= 15 is 0 Å². The predicted molar refractivity (Wildman–Crippen MR) is 49.2 cm³/mol.